The highest BCUT2D eigenvalue weighted by molar-refractivity contribution is 6.16. The van der Waals surface area contributed by atoms with Gasteiger partial charge in [0.15, 0.2) is 0 Å². The van der Waals surface area contributed by atoms with Gasteiger partial charge in [-0.1, -0.05) is 30.4 Å². The molecule has 0 bridgehead atoms. The lowest BCUT2D eigenvalue weighted by Gasteiger charge is -2.45. The van der Waals surface area contributed by atoms with Gasteiger partial charge in [-0.25, -0.2) is 14.5 Å². The molecule has 0 N–H and O–H groups in total. The number of ether oxygens (including phenoxy) is 2. The highest BCUT2D eigenvalue weighted by atomic mass is 16.6. The minimum atomic E-state index is -0.757. The molecule has 0 radical (unpaired) electrons. The van der Waals surface area contributed by atoms with Crippen LogP contribution in [0.25, 0.3) is 0 Å². The van der Waals surface area contributed by atoms with Crippen LogP contribution in [-0.4, -0.2) is 46.8 Å². The summed E-state index contributed by atoms with van der Waals surface area (Å²) in [5, 5.41) is 0. The van der Waals surface area contributed by atoms with E-state index in [4.69, 9.17) is 9.47 Å². The first kappa shape index (κ1) is 25.0. The largest absolute Gasteiger partial charge is 0.444 e. The number of hydrogen-bond donors (Lipinski definition) is 0. The van der Waals surface area contributed by atoms with Crippen LogP contribution in [0.15, 0.2) is 49.6 Å². The number of nitrogens with zero attached hydrogens (tertiary/aromatic N) is 2. The number of imide groups is 1. The fourth-order valence-electron chi connectivity index (χ4n) is 6.23. The zero-order valence-electron chi connectivity index (χ0n) is 21.6. The van der Waals surface area contributed by atoms with Crippen LogP contribution in [0.1, 0.15) is 59.9 Å². The molecule has 35 heavy (non-hydrogen) atoms. The van der Waals surface area contributed by atoms with Crippen molar-refractivity contribution in [3.63, 3.8) is 0 Å². The maximum Gasteiger partial charge on any atom is 0.421 e. The summed E-state index contributed by atoms with van der Waals surface area (Å²) in [5.74, 6) is -0.877. The van der Waals surface area contributed by atoms with Crippen LogP contribution in [0.4, 0.5) is 15.3 Å². The summed E-state index contributed by atoms with van der Waals surface area (Å²) in [4.78, 5) is 43.6. The van der Waals surface area contributed by atoms with E-state index in [2.05, 4.69) is 13.2 Å². The number of likely N-dealkylation sites (tertiary alicyclic amines) is 1. The van der Waals surface area contributed by atoms with Crippen LogP contribution in [-0.2, 0) is 19.7 Å². The maximum atomic E-state index is 14.1. The van der Waals surface area contributed by atoms with Crippen molar-refractivity contribution in [2.45, 2.75) is 77.0 Å². The van der Waals surface area contributed by atoms with Crippen molar-refractivity contribution in [3.8, 4) is 0 Å². The molecule has 2 aliphatic heterocycles. The molecule has 188 valence electrons. The van der Waals surface area contributed by atoms with Crippen LogP contribution >= 0.6 is 0 Å². The Labute approximate surface area is 207 Å². The maximum absolute atomic E-state index is 14.1. The molecule has 1 unspecified atom stereocenters. The Kier molecular flexibility index (Phi) is 5.70. The Bertz CT molecular complexity index is 1090. The molecule has 4 rings (SSSR count). The molecule has 2 fully saturated rings. The van der Waals surface area contributed by atoms with Crippen LogP contribution in [0, 0.1) is 11.3 Å². The first-order chi connectivity index (χ1) is 16.2. The standard InChI is InChI=1S/C28H36N2O5/c1-9-27(10-2)17-19-21(31)30(24(33)35-26(6,7)8)20-14-12-11-13-18(20)28(19)15-16-29(22(27)28)23(32)34-25(3,4)5/h9-14,19,22H,1-2,15-17H2,3-8H3/t19-,22?,28-/m0/s1. The number of rotatable bonds is 2. The predicted molar refractivity (Wildman–Crippen MR) is 134 cm³/mol. The highest BCUT2D eigenvalue weighted by Gasteiger charge is 2.71. The molecule has 7 heteroatoms. The van der Waals surface area contributed by atoms with Gasteiger partial charge in [-0.3, -0.25) is 4.79 Å². The van der Waals surface area contributed by atoms with Crippen molar-refractivity contribution < 1.29 is 23.9 Å². The lowest BCUT2D eigenvalue weighted by Crippen LogP contribution is -2.57. The van der Waals surface area contributed by atoms with Gasteiger partial charge in [0.2, 0.25) is 5.91 Å². The normalized spacial score (nSPS) is 27.0. The third-order valence-electron chi connectivity index (χ3n) is 7.38. The molecule has 1 saturated carbocycles. The fraction of sp³-hybridized carbons (Fsp3) is 0.536. The van der Waals surface area contributed by atoms with Crippen LogP contribution in [0.5, 0.6) is 0 Å². The number of benzene rings is 1. The fourth-order valence-corrected chi connectivity index (χ4v) is 6.23. The minimum absolute atomic E-state index is 0.320. The van der Waals surface area contributed by atoms with Gasteiger partial charge in [0.05, 0.1) is 17.6 Å². The zero-order valence-corrected chi connectivity index (χ0v) is 21.6. The summed E-state index contributed by atoms with van der Waals surface area (Å²) in [5.41, 5.74) is -1.49. The van der Waals surface area contributed by atoms with E-state index >= 15 is 0 Å². The van der Waals surface area contributed by atoms with Crippen molar-refractivity contribution in [2.75, 3.05) is 11.4 Å². The molecule has 1 aromatic carbocycles. The molecular formula is C28H36N2O5. The zero-order chi connectivity index (χ0) is 26.0. The monoisotopic (exact) mass is 480 g/mol. The quantitative estimate of drug-likeness (QED) is 0.516. The molecule has 0 aromatic heterocycles. The van der Waals surface area contributed by atoms with E-state index in [1.807, 2.05) is 32.9 Å². The minimum Gasteiger partial charge on any atom is -0.444 e. The Hall–Kier alpha value is -3.09. The topological polar surface area (TPSA) is 76.2 Å². The summed E-state index contributed by atoms with van der Waals surface area (Å²) in [6.45, 7) is 19.4. The summed E-state index contributed by atoms with van der Waals surface area (Å²) < 4.78 is 11.4. The highest BCUT2D eigenvalue weighted by Crippen LogP contribution is 2.65. The average Bonchev–Trinajstić information content (AvgIpc) is 3.26. The number of carbonyl (C=O) groups excluding carboxylic acids is 3. The number of anilines is 1. The van der Waals surface area contributed by atoms with E-state index < -0.39 is 46.2 Å². The average molecular weight is 481 g/mol. The summed E-state index contributed by atoms with van der Waals surface area (Å²) in [6, 6.07) is 7.02. The molecule has 3 aliphatic rings. The van der Waals surface area contributed by atoms with Crippen molar-refractivity contribution in [2.24, 2.45) is 11.3 Å². The van der Waals surface area contributed by atoms with Crippen LogP contribution in [0.2, 0.25) is 0 Å². The summed E-state index contributed by atoms with van der Waals surface area (Å²) in [7, 11) is 0. The first-order valence-electron chi connectivity index (χ1n) is 12.1. The first-order valence-corrected chi connectivity index (χ1v) is 12.1. The molecular weight excluding hydrogens is 444 g/mol. The molecule has 1 aromatic rings. The number of carbonyl (C=O) groups is 3. The second kappa shape index (κ2) is 7.97. The number of para-hydroxylation sites is 1. The van der Waals surface area contributed by atoms with Gasteiger partial charge in [0.1, 0.15) is 11.2 Å². The molecule has 3 atom stereocenters. The molecule has 1 spiro atoms. The van der Waals surface area contributed by atoms with E-state index in [0.29, 0.717) is 25.1 Å². The third-order valence-corrected chi connectivity index (χ3v) is 7.38. The third kappa shape index (κ3) is 3.76. The molecule has 7 nitrogen and oxygen atoms in total. The molecule has 2 heterocycles. The van der Waals surface area contributed by atoms with Crippen LogP contribution in [0.3, 0.4) is 0 Å². The second-order valence-electron chi connectivity index (χ2n) is 11.8. The number of amides is 3. The van der Waals surface area contributed by atoms with Gasteiger partial charge in [-0.05, 0) is 66.0 Å². The SMILES string of the molecule is C=CC1(C=C)C[C@H]2C(=O)N(C(=O)OC(C)(C)C)c3ccccc3[C@@]23CCN(C(=O)OC(C)(C)C)C13. The van der Waals surface area contributed by atoms with E-state index in [1.165, 1.54) is 4.90 Å². The van der Waals surface area contributed by atoms with Gasteiger partial charge in [-0.15, -0.1) is 13.2 Å². The van der Waals surface area contributed by atoms with E-state index in [-0.39, 0.29) is 5.91 Å². The number of hydrogen-bond acceptors (Lipinski definition) is 5. The van der Waals surface area contributed by atoms with Crippen molar-refractivity contribution in [3.05, 3.63) is 55.1 Å². The van der Waals surface area contributed by atoms with E-state index in [9.17, 15) is 14.4 Å². The predicted octanol–water partition coefficient (Wildman–Crippen LogP) is 5.59. The molecule has 3 amide bonds. The molecule has 1 aliphatic carbocycles. The van der Waals surface area contributed by atoms with Crippen LogP contribution < -0.4 is 4.90 Å². The number of fused-ring (bicyclic) bond motifs is 1. The summed E-state index contributed by atoms with van der Waals surface area (Å²) in [6.07, 6.45) is 3.42. The van der Waals surface area contributed by atoms with Gasteiger partial charge >= 0.3 is 12.2 Å². The Morgan fingerprint density at radius 1 is 1.00 bits per heavy atom. The molecule has 1 saturated heterocycles. The Morgan fingerprint density at radius 3 is 2.14 bits per heavy atom. The van der Waals surface area contributed by atoms with Gasteiger partial charge in [0.25, 0.3) is 0 Å². The second-order valence-corrected chi connectivity index (χ2v) is 11.8. The van der Waals surface area contributed by atoms with E-state index in [0.717, 1.165) is 5.56 Å². The van der Waals surface area contributed by atoms with Gasteiger partial charge < -0.3 is 14.4 Å². The van der Waals surface area contributed by atoms with E-state index in [1.54, 1.807) is 50.0 Å². The van der Waals surface area contributed by atoms with Crippen molar-refractivity contribution >= 4 is 23.8 Å². The van der Waals surface area contributed by atoms with Crippen molar-refractivity contribution in [1.29, 1.82) is 0 Å². The lowest BCUT2D eigenvalue weighted by atomic mass is 9.65. The Balaban J connectivity index is 1.90. The van der Waals surface area contributed by atoms with Crippen molar-refractivity contribution in [1.82, 2.24) is 4.90 Å². The Morgan fingerprint density at radius 2 is 1.57 bits per heavy atom. The lowest BCUT2D eigenvalue weighted by molar-refractivity contribution is -0.124. The van der Waals surface area contributed by atoms with Gasteiger partial charge in [-0.2, -0.15) is 0 Å². The smallest absolute Gasteiger partial charge is 0.421 e. The van der Waals surface area contributed by atoms with Gasteiger partial charge in [0, 0.05) is 17.4 Å². The summed E-state index contributed by atoms with van der Waals surface area (Å²) >= 11 is 0.